The maximum atomic E-state index is 12.6. The Morgan fingerprint density at radius 1 is 1.38 bits per heavy atom. The number of halogens is 1. The lowest BCUT2D eigenvalue weighted by Gasteiger charge is -2.09. The standard InChI is InChI=1S/C18H18ClN3OS/c1-12(2)14-9-16(17(23)21-18-20-6-7-24-18)22(11-14)10-13-4-3-5-15(19)8-13/h3-9,11-12H,10H2,1-2H3,(H,20,21,23). The average Bonchev–Trinajstić information content (AvgIpc) is 3.17. The number of aromatic nitrogens is 2. The first-order valence-corrected chi connectivity index (χ1v) is 8.94. The van der Waals surface area contributed by atoms with E-state index >= 15 is 0 Å². The highest BCUT2D eigenvalue weighted by Gasteiger charge is 2.16. The monoisotopic (exact) mass is 359 g/mol. The summed E-state index contributed by atoms with van der Waals surface area (Å²) in [7, 11) is 0. The third-order valence-electron chi connectivity index (χ3n) is 3.71. The zero-order chi connectivity index (χ0) is 17.1. The van der Waals surface area contributed by atoms with Crippen LogP contribution in [0.25, 0.3) is 0 Å². The van der Waals surface area contributed by atoms with Crippen molar-refractivity contribution in [3.63, 3.8) is 0 Å². The lowest BCUT2D eigenvalue weighted by Crippen LogP contribution is -2.17. The Bertz CT molecular complexity index is 840. The molecule has 0 unspecified atom stereocenters. The summed E-state index contributed by atoms with van der Waals surface area (Å²) in [5.74, 6) is 0.191. The molecule has 124 valence electrons. The molecule has 6 heteroatoms. The molecule has 1 aromatic carbocycles. The van der Waals surface area contributed by atoms with Gasteiger partial charge in [0.1, 0.15) is 5.69 Å². The molecule has 0 aliphatic heterocycles. The van der Waals surface area contributed by atoms with Crippen molar-refractivity contribution >= 4 is 34.0 Å². The summed E-state index contributed by atoms with van der Waals surface area (Å²) < 4.78 is 1.96. The van der Waals surface area contributed by atoms with Crippen molar-refractivity contribution in [2.45, 2.75) is 26.3 Å². The number of rotatable bonds is 5. The molecule has 0 radical (unpaired) electrons. The summed E-state index contributed by atoms with van der Waals surface area (Å²) in [5, 5.41) is 5.97. The van der Waals surface area contributed by atoms with Gasteiger partial charge in [-0.1, -0.05) is 37.6 Å². The maximum Gasteiger partial charge on any atom is 0.274 e. The minimum atomic E-state index is -0.154. The van der Waals surface area contributed by atoms with Crippen molar-refractivity contribution in [3.05, 3.63) is 69.9 Å². The van der Waals surface area contributed by atoms with E-state index in [0.717, 1.165) is 11.1 Å². The molecule has 1 N–H and O–H groups in total. The van der Waals surface area contributed by atoms with Crippen LogP contribution in [-0.2, 0) is 6.54 Å². The Balaban J connectivity index is 1.90. The number of hydrogen-bond donors (Lipinski definition) is 1. The van der Waals surface area contributed by atoms with Gasteiger partial charge in [0.15, 0.2) is 5.13 Å². The van der Waals surface area contributed by atoms with Crippen LogP contribution in [0.1, 0.15) is 41.4 Å². The van der Waals surface area contributed by atoms with Crippen molar-refractivity contribution in [1.82, 2.24) is 9.55 Å². The first-order chi connectivity index (χ1) is 11.5. The Morgan fingerprint density at radius 2 is 2.21 bits per heavy atom. The highest BCUT2D eigenvalue weighted by atomic mass is 35.5. The molecule has 2 heterocycles. The number of hydrogen-bond acceptors (Lipinski definition) is 3. The Labute approximate surface area is 150 Å². The van der Waals surface area contributed by atoms with Gasteiger partial charge in [-0.3, -0.25) is 10.1 Å². The number of benzene rings is 1. The molecule has 0 fully saturated rings. The maximum absolute atomic E-state index is 12.6. The molecule has 24 heavy (non-hydrogen) atoms. The topological polar surface area (TPSA) is 46.9 Å². The number of carbonyl (C=O) groups is 1. The minimum absolute atomic E-state index is 0.154. The van der Waals surface area contributed by atoms with Crippen LogP contribution >= 0.6 is 22.9 Å². The van der Waals surface area contributed by atoms with Crippen LogP contribution in [0.3, 0.4) is 0 Å². The van der Waals surface area contributed by atoms with Gasteiger partial charge in [-0.2, -0.15) is 0 Å². The number of amides is 1. The summed E-state index contributed by atoms with van der Waals surface area (Å²) >= 11 is 7.47. The second kappa shape index (κ2) is 7.20. The van der Waals surface area contributed by atoms with E-state index in [9.17, 15) is 4.79 Å². The molecule has 0 saturated heterocycles. The van der Waals surface area contributed by atoms with Crippen molar-refractivity contribution in [2.24, 2.45) is 0 Å². The third kappa shape index (κ3) is 3.86. The minimum Gasteiger partial charge on any atom is -0.339 e. The fraction of sp³-hybridized carbons (Fsp3) is 0.222. The van der Waals surface area contributed by atoms with Crippen LogP contribution in [0.5, 0.6) is 0 Å². The SMILES string of the molecule is CC(C)c1cc(C(=O)Nc2nccs2)n(Cc2cccc(Cl)c2)c1. The van der Waals surface area contributed by atoms with E-state index in [0.29, 0.717) is 28.3 Å². The molecule has 0 bridgehead atoms. The molecule has 0 spiro atoms. The van der Waals surface area contributed by atoms with E-state index in [-0.39, 0.29) is 5.91 Å². The molecule has 0 aliphatic rings. The van der Waals surface area contributed by atoms with Gasteiger partial charge in [-0.25, -0.2) is 4.98 Å². The van der Waals surface area contributed by atoms with Crippen LogP contribution in [0, 0.1) is 0 Å². The van der Waals surface area contributed by atoms with Crippen molar-refractivity contribution < 1.29 is 4.79 Å². The smallest absolute Gasteiger partial charge is 0.274 e. The zero-order valence-electron chi connectivity index (χ0n) is 13.5. The Hall–Kier alpha value is -2.11. The van der Waals surface area contributed by atoms with E-state index in [4.69, 9.17) is 11.6 Å². The van der Waals surface area contributed by atoms with E-state index < -0.39 is 0 Å². The van der Waals surface area contributed by atoms with Gasteiger partial charge in [0.05, 0.1) is 0 Å². The van der Waals surface area contributed by atoms with E-state index in [1.807, 2.05) is 46.5 Å². The summed E-state index contributed by atoms with van der Waals surface area (Å²) in [6.45, 7) is 4.82. The summed E-state index contributed by atoms with van der Waals surface area (Å²) in [5.41, 5.74) is 2.80. The van der Waals surface area contributed by atoms with Crippen LogP contribution in [-0.4, -0.2) is 15.5 Å². The van der Waals surface area contributed by atoms with Gasteiger partial charge < -0.3 is 4.57 Å². The summed E-state index contributed by atoms with van der Waals surface area (Å²) in [6.07, 6.45) is 3.70. The molecule has 3 rings (SSSR count). The van der Waals surface area contributed by atoms with Crippen LogP contribution in [0.4, 0.5) is 5.13 Å². The van der Waals surface area contributed by atoms with Gasteiger partial charge >= 0.3 is 0 Å². The van der Waals surface area contributed by atoms with Crippen LogP contribution in [0.15, 0.2) is 48.1 Å². The fourth-order valence-corrected chi connectivity index (χ4v) is 3.19. The first-order valence-electron chi connectivity index (χ1n) is 7.68. The zero-order valence-corrected chi connectivity index (χ0v) is 15.1. The lowest BCUT2D eigenvalue weighted by atomic mass is 10.1. The van der Waals surface area contributed by atoms with E-state index in [1.54, 1.807) is 6.20 Å². The van der Waals surface area contributed by atoms with E-state index in [2.05, 4.69) is 24.1 Å². The van der Waals surface area contributed by atoms with Gasteiger partial charge in [0.2, 0.25) is 0 Å². The normalized spacial score (nSPS) is 11.0. The molecular weight excluding hydrogens is 342 g/mol. The number of thiazole rings is 1. The van der Waals surface area contributed by atoms with Crippen molar-refractivity contribution in [1.29, 1.82) is 0 Å². The van der Waals surface area contributed by atoms with Crippen molar-refractivity contribution in [3.8, 4) is 0 Å². The number of nitrogens with zero attached hydrogens (tertiary/aromatic N) is 2. The second-order valence-electron chi connectivity index (χ2n) is 5.86. The predicted molar refractivity (Wildman–Crippen MR) is 99.1 cm³/mol. The fourth-order valence-electron chi connectivity index (χ4n) is 2.45. The molecule has 4 nitrogen and oxygen atoms in total. The highest BCUT2D eigenvalue weighted by Crippen LogP contribution is 2.21. The number of nitrogens with one attached hydrogen (secondary N) is 1. The quantitative estimate of drug-likeness (QED) is 0.695. The molecule has 0 saturated carbocycles. The highest BCUT2D eigenvalue weighted by molar-refractivity contribution is 7.13. The first kappa shape index (κ1) is 16.7. The summed E-state index contributed by atoms with van der Waals surface area (Å²) in [4.78, 5) is 16.7. The Morgan fingerprint density at radius 3 is 2.88 bits per heavy atom. The van der Waals surface area contributed by atoms with Crippen LogP contribution < -0.4 is 5.32 Å². The number of carbonyl (C=O) groups excluding carboxylic acids is 1. The molecule has 3 aromatic rings. The molecule has 2 aromatic heterocycles. The molecular formula is C18H18ClN3OS. The van der Waals surface area contributed by atoms with Crippen LogP contribution in [0.2, 0.25) is 5.02 Å². The van der Waals surface area contributed by atoms with Gasteiger partial charge in [-0.15, -0.1) is 11.3 Å². The molecule has 0 atom stereocenters. The second-order valence-corrected chi connectivity index (χ2v) is 7.19. The molecule has 1 amide bonds. The number of anilines is 1. The predicted octanol–water partition coefficient (Wildman–Crippen LogP) is 5.02. The van der Waals surface area contributed by atoms with Gasteiger partial charge in [-0.05, 0) is 35.2 Å². The van der Waals surface area contributed by atoms with Gasteiger partial charge in [0, 0.05) is 29.3 Å². The largest absolute Gasteiger partial charge is 0.339 e. The van der Waals surface area contributed by atoms with Crippen molar-refractivity contribution in [2.75, 3.05) is 5.32 Å². The van der Waals surface area contributed by atoms with E-state index in [1.165, 1.54) is 11.3 Å². The summed E-state index contributed by atoms with van der Waals surface area (Å²) in [6, 6.07) is 9.62. The average molecular weight is 360 g/mol. The van der Waals surface area contributed by atoms with Gasteiger partial charge in [0.25, 0.3) is 5.91 Å². The Kier molecular flexibility index (Phi) is 5.02. The third-order valence-corrected chi connectivity index (χ3v) is 4.64. The molecule has 0 aliphatic carbocycles. The lowest BCUT2D eigenvalue weighted by molar-refractivity contribution is 0.101.